The van der Waals surface area contributed by atoms with Gasteiger partial charge in [0.05, 0.1) is 6.04 Å². The van der Waals surface area contributed by atoms with Crippen LogP contribution in [0.25, 0.3) is 0 Å². The third-order valence-electron chi connectivity index (χ3n) is 3.20. The first-order valence-electron chi connectivity index (χ1n) is 6.96. The predicted octanol–water partition coefficient (Wildman–Crippen LogP) is 1.75. The number of rotatable bonds is 4. The van der Waals surface area contributed by atoms with Crippen LogP contribution in [-0.2, 0) is 4.79 Å². The number of hydrogen-bond donors (Lipinski definition) is 2. The van der Waals surface area contributed by atoms with Gasteiger partial charge in [0.2, 0.25) is 5.91 Å². The molecule has 0 spiro atoms. The number of anilines is 1. The summed E-state index contributed by atoms with van der Waals surface area (Å²) in [4.78, 5) is 25.4. The third-order valence-corrected chi connectivity index (χ3v) is 3.20. The Bertz CT molecular complexity index is 473. The highest BCUT2D eigenvalue weighted by molar-refractivity contribution is 5.96. The fourth-order valence-electron chi connectivity index (χ4n) is 2.19. The average molecular weight is 275 g/mol. The maximum atomic E-state index is 12.0. The molecule has 1 atom stereocenters. The second-order valence-electron chi connectivity index (χ2n) is 5.49. The summed E-state index contributed by atoms with van der Waals surface area (Å²) in [7, 11) is 0. The zero-order valence-electron chi connectivity index (χ0n) is 11.9. The summed E-state index contributed by atoms with van der Waals surface area (Å²) in [5, 5.41) is 5.65. The molecule has 5 heteroatoms. The molecule has 108 valence electrons. The minimum Gasteiger partial charge on any atom is -0.338 e. The zero-order chi connectivity index (χ0) is 14.5. The SMILES string of the molecule is CC(C)CNC(=O)NC1CC(=O)N(c2ccccc2)C1. The van der Waals surface area contributed by atoms with Crippen LogP contribution in [0.1, 0.15) is 20.3 Å². The lowest BCUT2D eigenvalue weighted by Gasteiger charge is -2.17. The summed E-state index contributed by atoms with van der Waals surface area (Å²) < 4.78 is 0. The largest absolute Gasteiger partial charge is 0.338 e. The Balaban J connectivity index is 1.88. The molecule has 0 aliphatic carbocycles. The predicted molar refractivity (Wildman–Crippen MR) is 78.6 cm³/mol. The molecule has 2 N–H and O–H groups in total. The number of nitrogens with one attached hydrogen (secondary N) is 2. The molecule has 0 aromatic heterocycles. The summed E-state index contributed by atoms with van der Waals surface area (Å²) in [6.45, 7) is 5.24. The Kier molecular flexibility index (Phi) is 4.61. The molecule has 1 unspecified atom stereocenters. The number of para-hydroxylation sites is 1. The molecule has 1 fully saturated rings. The van der Waals surface area contributed by atoms with Crippen LogP contribution in [-0.4, -0.2) is 31.1 Å². The fourth-order valence-corrected chi connectivity index (χ4v) is 2.19. The number of carbonyl (C=O) groups is 2. The van der Waals surface area contributed by atoms with Gasteiger partial charge in [0.15, 0.2) is 0 Å². The maximum Gasteiger partial charge on any atom is 0.315 e. The third kappa shape index (κ3) is 3.73. The smallest absolute Gasteiger partial charge is 0.315 e. The highest BCUT2D eigenvalue weighted by Gasteiger charge is 2.31. The van der Waals surface area contributed by atoms with Gasteiger partial charge in [-0.3, -0.25) is 4.79 Å². The van der Waals surface area contributed by atoms with E-state index < -0.39 is 0 Å². The van der Waals surface area contributed by atoms with Crippen LogP contribution < -0.4 is 15.5 Å². The summed E-state index contributed by atoms with van der Waals surface area (Å²) in [6, 6.07) is 9.19. The Morgan fingerprint density at radius 2 is 2.05 bits per heavy atom. The summed E-state index contributed by atoms with van der Waals surface area (Å²) in [5.74, 6) is 0.456. The van der Waals surface area contributed by atoms with Crippen LogP contribution in [0.5, 0.6) is 0 Å². The van der Waals surface area contributed by atoms with Crippen LogP contribution >= 0.6 is 0 Å². The molecule has 1 aliphatic heterocycles. The van der Waals surface area contributed by atoms with Crippen LogP contribution in [0.4, 0.5) is 10.5 Å². The van der Waals surface area contributed by atoms with E-state index in [0.29, 0.717) is 25.4 Å². The zero-order valence-corrected chi connectivity index (χ0v) is 11.9. The first-order chi connectivity index (χ1) is 9.56. The van der Waals surface area contributed by atoms with Gasteiger partial charge in [-0.15, -0.1) is 0 Å². The van der Waals surface area contributed by atoms with E-state index in [2.05, 4.69) is 10.6 Å². The number of urea groups is 1. The van der Waals surface area contributed by atoms with E-state index in [1.54, 1.807) is 4.90 Å². The molecular weight excluding hydrogens is 254 g/mol. The fraction of sp³-hybridized carbons (Fsp3) is 0.467. The molecule has 0 bridgehead atoms. The van der Waals surface area contributed by atoms with Gasteiger partial charge in [-0.1, -0.05) is 32.0 Å². The summed E-state index contributed by atoms with van der Waals surface area (Å²) in [5.41, 5.74) is 0.879. The van der Waals surface area contributed by atoms with Crippen LogP contribution in [0.2, 0.25) is 0 Å². The molecule has 1 aliphatic rings. The second-order valence-corrected chi connectivity index (χ2v) is 5.49. The molecule has 0 saturated carbocycles. The van der Waals surface area contributed by atoms with Gasteiger partial charge in [0.25, 0.3) is 0 Å². The van der Waals surface area contributed by atoms with Crippen molar-refractivity contribution in [3.05, 3.63) is 30.3 Å². The Hall–Kier alpha value is -2.04. The van der Waals surface area contributed by atoms with E-state index in [9.17, 15) is 9.59 Å². The van der Waals surface area contributed by atoms with E-state index in [0.717, 1.165) is 5.69 Å². The van der Waals surface area contributed by atoms with Crippen molar-refractivity contribution >= 4 is 17.6 Å². The number of benzene rings is 1. The minimum absolute atomic E-state index is 0.0466. The van der Waals surface area contributed by atoms with Crippen LogP contribution in [0, 0.1) is 5.92 Å². The molecule has 1 saturated heterocycles. The van der Waals surface area contributed by atoms with Gasteiger partial charge in [0.1, 0.15) is 0 Å². The molecule has 1 aromatic carbocycles. The van der Waals surface area contributed by atoms with E-state index in [1.165, 1.54) is 0 Å². The molecule has 1 heterocycles. The number of amides is 3. The first-order valence-corrected chi connectivity index (χ1v) is 6.96. The lowest BCUT2D eigenvalue weighted by atomic mass is 10.2. The van der Waals surface area contributed by atoms with Gasteiger partial charge in [0, 0.05) is 25.2 Å². The van der Waals surface area contributed by atoms with Crippen molar-refractivity contribution in [3.63, 3.8) is 0 Å². The first kappa shape index (κ1) is 14.4. The molecule has 1 aromatic rings. The molecule has 3 amide bonds. The normalized spacial score (nSPS) is 18.4. The highest BCUT2D eigenvalue weighted by Crippen LogP contribution is 2.20. The van der Waals surface area contributed by atoms with Crippen molar-refractivity contribution < 1.29 is 9.59 Å². The van der Waals surface area contributed by atoms with Gasteiger partial charge >= 0.3 is 6.03 Å². The topological polar surface area (TPSA) is 61.4 Å². The van der Waals surface area contributed by atoms with Gasteiger partial charge < -0.3 is 15.5 Å². The Labute approximate surface area is 119 Å². The van der Waals surface area contributed by atoms with E-state index >= 15 is 0 Å². The Morgan fingerprint density at radius 1 is 1.35 bits per heavy atom. The van der Waals surface area contributed by atoms with Crippen molar-refractivity contribution in [2.45, 2.75) is 26.3 Å². The Morgan fingerprint density at radius 3 is 2.70 bits per heavy atom. The number of nitrogens with zero attached hydrogens (tertiary/aromatic N) is 1. The minimum atomic E-state index is -0.202. The molecule has 2 rings (SSSR count). The molecule has 5 nitrogen and oxygen atoms in total. The van der Waals surface area contributed by atoms with Gasteiger partial charge in [-0.25, -0.2) is 4.79 Å². The van der Waals surface area contributed by atoms with Crippen molar-refractivity contribution in [1.82, 2.24) is 10.6 Å². The highest BCUT2D eigenvalue weighted by atomic mass is 16.2. The molecule has 0 radical (unpaired) electrons. The van der Waals surface area contributed by atoms with Crippen molar-refractivity contribution in [3.8, 4) is 0 Å². The van der Waals surface area contributed by atoms with E-state index in [4.69, 9.17) is 0 Å². The standard InChI is InChI=1S/C15H21N3O2/c1-11(2)9-16-15(20)17-12-8-14(19)18(10-12)13-6-4-3-5-7-13/h3-7,11-12H,8-10H2,1-2H3,(H2,16,17,20). The lowest BCUT2D eigenvalue weighted by Crippen LogP contribution is -2.44. The lowest BCUT2D eigenvalue weighted by molar-refractivity contribution is -0.117. The van der Waals surface area contributed by atoms with Crippen LogP contribution in [0.15, 0.2) is 30.3 Å². The number of carbonyl (C=O) groups excluding carboxylic acids is 2. The molecule has 20 heavy (non-hydrogen) atoms. The van der Waals surface area contributed by atoms with Crippen molar-refractivity contribution in [1.29, 1.82) is 0 Å². The van der Waals surface area contributed by atoms with Gasteiger partial charge in [-0.05, 0) is 18.1 Å². The van der Waals surface area contributed by atoms with Crippen molar-refractivity contribution in [2.75, 3.05) is 18.0 Å². The van der Waals surface area contributed by atoms with E-state index in [1.807, 2.05) is 44.2 Å². The van der Waals surface area contributed by atoms with Crippen molar-refractivity contribution in [2.24, 2.45) is 5.92 Å². The summed E-state index contributed by atoms with van der Waals surface area (Å²) >= 11 is 0. The van der Waals surface area contributed by atoms with Crippen LogP contribution in [0.3, 0.4) is 0 Å². The summed E-state index contributed by atoms with van der Waals surface area (Å²) in [6.07, 6.45) is 0.351. The maximum absolute atomic E-state index is 12.0. The monoisotopic (exact) mass is 275 g/mol. The number of hydrogen-bond acceptors (Lipinski definition) is 2. The van der Waals surface area contributed by atoms with Gasteiger partial charge in [-0.2, -0.15) is 0 Å². The van der Waals surface area contributed by atoms with E-state index in [-0.39, 0.29) is 18.0 Å². The second kappa shape index (κ2) is 6.41. The quantitative estimate of drug-likeness (QED) is 0.879. The molecular formula is C15H21N3O2. The average Bonchev–Trinajstić information content (AvgIpc) is 2.78.